The molecule has 112 valence electrons. The van der Waals surface area contributed by atoms with Crippen LogP contribution in [0.2, 0.25) is 5.02 Å². The molecule has 0 heterocycles. The molecule has 0 unspecified atom stereocenters. The van der Waals surface area contributed by atoms with Gasteiger partial charge in [0.25, 0.3) is 0 Å². The van der Waals surface area contributed by atoms with Gasteiger partial charge in [-0.2, -0.15) is 0 Å². The minimum absolute atomic E-state index is 0.372. The average molecular weight is 308 g/mol. The number of hydrogen-bond acceptors (Lipinski definition) is 4. The Balaban J connectivity index is 2.17. The van der Waals surface area contributed by atoms with Gasteiger partial charge in [0.2, 0.25) is 0 Å². The van der Waals surface area contributed by atoms with E-state index in [4.69, 9.17) is 31.5 Å². The SMILES string of the molecule is COc1ccc(COc2c(Cl)cccc2CN)cc1OC. The minimum Gasteiger partial charge on any atom is -0.493 e. The molecule has 0 spiro atoms. The van der Waals surface area contributed by atoms with Crippen molar-refractivity contribution in [2.24, 2.45) is 5.73 Å². The van der Waals surface area contributed by atoms with Gasteiger partial charge in [-0.3, -0.25) is 0 Å². The maximum Gasteiger partial charge on any atom is 0.161 e. The number of ether oxygens (including phenoxy) is 3. The molecule has 0 bridgehead atoms. The summed E-state index contributed by atoms with van der Waals surface area (Å²) in [4.78, 5) is 0. The smallest absolute Gasteiger partial charge is 0.161 e. The summed E-state index contributed by atoms with van der Waals surface area (Å²) in [6.45, 7) is 0.749. The van der Waals surface area contributed by atoms with Gasteiger partial charge in [0.1, 0.15) is 12.4 Å². The van der Waals surface area contributed by atoms with Crippen LogP contribution in [0.5, 0.6) is 17.2 Å². The first-order valence-electron chi connectivity index (χ1n) is 6.50. The van der Waals surface area contributed by atoms with Gasteiger partial charge in [-0.15, -0.1) is 0 Å². The third kappa shape index (κ3) is 3.60. The summed E-state index contributed by atoms with van der Waals surface area (Å²) >= 11 is 6.16. The Morgan fingerprint density at radius 3 is 2.48 bits per heavy atom. The largest absolute Gasteiger partial charge is 0.493 e. The van der Waals surface area contributed by atoms with Crippen LogP contribution in [-0.2, 0) is 13.2 Å². The maximum atomic E-state index is 6.16. The Kier molecular flexibility index (Phi) is 5.31. The highest BCUT2D eigenvalue weighted by Crippen LogP contribution is 2.31. The van der Waals surface area contributed by atoms with E-state index in [0.29, 0.717) is 35.4 Å². The Labute approximate surface area is 129 Å². The normalized spacial score (nSPS) is 10.3. The predicted octanol–water partition coefficient (Wildman–Crippen LogP) is 3.39. The molecule has 0 aliphatic heterocycles. The lowest BCUT2D eigenvalue weighted by atomic mass is 10.2. The van der Waals surface area contributed by atoms with E-state index in [9.17, 15) is 0 Å². The van der Waals surface area contributed by atoms with Crippen molar-refractivity contribution in [1.82, 2.24) is 0 Å². The summed E-state index contributed by atoms with van der Waals surface area (Å²) in [6, 6.07) is 11.2. The first-order valence-corrected chi connectivity index (χ1v) is 6.88. The lowest BCUT2D eigenvalue weighted by Gasteiger charge is -2.13. The molecule has 0 aromatic heterocycles. The van der Waals surface area contributed by atoms with Crippen molar-refractivity contribution in [3.8, 4) is 17.2 Å². The molecule has 0 fully saturated rings. The molecule has 0 radical (unpaired) electrons. The number of methoxy groups -OCH3 is 2. The lowest BCUT2D eigenvalue weighted by molar-refractivity contribution is 0.301. The van der Waals surface area contributed by atoms with Gasteiger partial charge < -0.3 is 19.9 Å². The average Bonchev–Trinajstić information content (AvgIpc) is 2.53. The molecule has 2 rings (SSSR count). The van der Waals surface area contributed by atoms with E-state index in [1.54, 1.807) is 20.3 Å². The first-order chi connectivity index (χ1) is 10.2. The fourth-order valence-electron chi connectivity index (χ4n) is 2.00. The van der Waals surface area contributed by atoms with Gasteiger partial charge >= 0.3 is 0 Å². The topological polar surface area (TPSA) is 53.7 Å². The van der Waals surface area contributed by atoms with Crippen molar-refractivity contribution >= 4 is 11.6 Å². The molecule has 0 amide bonds. The standard InChI is InChI=1S/C16H18ClNO3/c1-19-14-7-6-11(8-15(14)20-2)10-21-16-12(9-18)4-3-5-13(16)17/h3-8H,9-10,18H2,1-2H3. The highest BCUT2D eigenvalue weighted by Gasteiger charge is 2.09. The molecule has 0 aliphatic carbocycles. The second-order valence-corrected chi connectivity index (χ2v) is 4.82. The van der Waals surface area contributed by atoms with E-state index in [2.05, 4.69) is 0 Å². The fourth-order valence-corrected chi connectivity index (χ4v) is 2.25. The maximum absolute atomic E-state index is 6.16. The van der Waals surface area contributed by atoms with E-state index in [-0.39, 0.29) is 0 Å². The molecule has 2 N–H and O–H groups in total. The van der Waals surface area contributed by atoms with Crippen molar-refractivity contribution in [2.75, 3.05) is 14.2 Å². The van der Waals surface area contributed by atoms with Crippen molar-refractivity contribution in [3.05, 3.63) is 52.5 Å². The summed E-state index contributed by atoms with van der Waals surface area (Å²) in [7, 11) is 3.20. The molecule has 0 atom stereocenters. The number of benzene rings is 2. The zero-order valence-corrected chi connectivity index (χ0v) is 12.8. The van der Waals surface area contributed by atoms with Crippen LogP contribution in [0.4, 0.5) is 0 Å². The van der Waals surface area contributed by atoms with E-state index in [1.807, 2.05) is 30.3 Å². The minimum atomic E-state index is 0.372. The van der Waals surface area contributed by atoms with Crippen LogP contribution in [0, 0.1) is 0 Å². The fraction of sp³-hybridized carbons (Fsp3) is 0.250. The highest BCUT2D eigenvalue weighted by molar-refractivity contribution is 6.32. The van der Waals surface area contributed by atoms with E-state index >= 15 is 0 Å². The molecule has 0 saturated carbocycles. The van der Waals surface area contributed by atoms with Gasteiger partial charge in [-0.05, 0) is 23.8 Å². The predicted molar refractivity (Wildman–Crippen MR) is 83.2 cm³/mol. The van der Waals surface area contributed by atoms with Gasteiger partial charge in [0.15, 0.2) is 11.5 Å². The number of halogens is 1. The third-order valence-electron chi connectivity index (χ3n) is 3.10. The second kappa shape index (κ2) is 7.20. The van der Waals surface area contributed by atoms with Crippen LogP contribution in [0.1, 0.15) is 11.1 Å². The third-order valence-corrected chi connectivity index (χ3v) is 3.40. The molecule has 0 aliphatic rings. The van der Waals surface area contributed by atoms with Crippen LogP contribution < -0.4 is 19.9 Å². The van der Waals surface area contributed by atoms with Gasteiger partial charge in [0, 0.05) is 12.1 Å². The van der Waals surface area contributed by atoms with Crippen LogP contribution in [0.25, 0.3) is 0 Å². The second-order valence-electron chi connectivity index (χ2n) is 4.41. The van der Waals surface area contributed by atoms with Crippen LogP contribution in [0.15, 0.2) is 36.4 Å². The first kappa shape index (κ1) is 15.5. The van der Waals surface area contributed by atoms with Gasteiger partial charge in [0.05, 0.1) is 19.2 Å². The van der Waals surface area contributed by atoms with Crippen LogP contribution >= 0.6 is 11.6 Å². The summed E-state index contributed by atoms with van der Waals surface area (Å²) in [6.07, 6.45) is 0. The highest BCUT2D eigenvalue weighted by atomic mass is 35.5. The van der Waals surface area contributed by atoms with Crippen molar-refractivity contribution < 1.29 is 14.2 Å². The Morgan fingerprint density at radius 1 is 1.05 bits per heavy atom. The van der Waals surface area contributed by atoms with E-state index in [1.165, 1.54) is 0 Å². The number of para-hydroxylation sites is 1. The summed E-state index contributed by atoms with van der Waals surface area (Å²) in [5.41, 5.74) is 7.53. The molecular formula is C16H18ClNO3. The van der Waals surface area contributed by atoms with Gasteiger partial charge in [-0.25, -0.2) is 0 Å². The van der Waals surface area contributed by atoms with E-state index in [0.717, 1.165) is 11.1 Å². The summed E-state index contributed by atoms with van der Waals surface area (Å²) in [5, 5.41) is 0.554. The van der Waals surface area contributed by atoms with Gasteiger partial charge in [-0.1, -0.05) is 29.8 Å². The Morgan fingerprint density at radius 2 is 1.81 bits per heavy atom. The van der Waals surface area contributed by atoms with Crippen molar-refractivity contribution in [3.63, 3.8) is 0 Å². The molecule has 2 aromatic carbocycles. The van der Waals surface area contributed by atoms with Crippen molar-refractivity contribution in [2.45, 2.75) is 13.2 Å². The zero-order valence-electron chi connectivity index (χ0n) is 12.1. The monoisotopic (exact) mass is 307 g/mol. The molecule has 2 aromatic rings. The van der Waals surface area contributed by atoms with Crippen molar-refractivity contribution in [1.29, 1.82) is 0 Å². The quantitative estimate of drug-likeness (QED) is 0.888. The number of rotatable bonds is 6. The molecule has 21 heavy (non-hydrogen) atoms. The summed E-state index contributed by atoms with van der Waals surface area (Å²) < 4.78 is 16.3. The lowest BCUT2D eigenvalue weighted by Crippen LogP contribution is -2.03. The Bertz CT molecular complexity index is 616. The van der Waals surface area contributed by atoms with Crippen LogP contribution in [0.3, 0.4) is 0 Å². The Hall–Kier alpha value is -1.91. The molecule has 5 heteroatoms. The zero-order chi connectivity index (χ0) is 15.2. The van der Waals surface area contributed by atoms with Crippen LogP contribution in [-0.4, -0.2) is 14.2 Å². The molecule has 4 nitrogen and oxygen atoms in total. The number of hydrogen-bond donors (Lipinski definition) is 1. The van der Waals surface area contributed by atoms with E-state index < -0.39 is 0 Å². The number of nitrogens with two attached hydrogens (primary N) is 1. The molecular weight excluding hydrogens is 290 g/mol. The molecule has 0 saturated heterocycles. The summed E-state index contributed by atoms with van der Waals surface area (Å²) in [5.74, 6) is 1.97.